The van der Waals surface area contributed by atoms with Gasteiger partial charge in [-0.3, -0.25) is 15.0 Å². The fraction of sp³-hybridized carbons (Fsp3) is 0.611. The van der Waals surface area contributed by atoms with Crippen LogP contribution in [0.5, 0.6) is 5.75 Å². The van der Waals surface area contributed by atoms with Crippen LogP contribution in [0.4, 0.5) is 8.78 Å². The van der Waals surface area contributed by atoms with Gasteiger partial charge in [-0.1, -0.05) is 12.1 Å². The lowest BCUT2D eigenvalue weighted by atomic mass is 10.1. The summed E-state index contributed by atoms with van der Waals surface area (Å²) in [7, 11) is 1.65. The van der Waals surface area contributed by atoms with Crippen LogP contribution < -0.4 is 10.1 Å². The summed E-state index contributed by atoms with van der Waals surface area (Å²) in [5, 5.41) is 2.65. The monoisotopic (exact) mass is 425 g/mol. The number of carbonyl (C=O) groups excluding carboxylic acids is 1. The maximum absolute atomic E-state index is 13.3. The molecule has 0 spiro atoms. The summed E-state index contributed by atoms with van der Waals surface area (Å²) in [6, 6.07) is 7.42. The van der Waals surface area contributed by atoms with Crippen molar-refractivity contribution in [1.29, 1.82) is 0 Å². The van der Waals surface area contributed by atoms with Crippen LogP contribution in [0.1, 0.15) is 24.9 Å². The summed E-state index contributed by atoms with van der Waals surface area (Å²) in [5.41, 5.74) is 1.16. The predicted octanol–water partition coefficient (Wildman–Crippen LogP) is 2.74. The van der Waals surface area contributed by atoms with Gasteiger partial charge in [0.25, 0.3) is 5.92 Å². The molecule has 5 nitrogen and oxygen atoms in total. The smallest absolute Gasteiger partial charge is 0.262 e. The summed E-state index contributed by atoms with van der Waals surface area (Å²) in [5.74, 6) is -2.15. The number of nitrogens with zero attached hydrogens (tertiary/aromatic N) is 2. The van der Waals surface area contributed by atoms with Gasteiger partial charge < -0.3 is 9.64 Å². The fourth-order valence-electron chi connectivity index (χ4n) is 3.55. The highest BCUT2D eigenvalue weighted by atomic mass is 35.5. The highest BCUT2D eigenvalue weighted by molar-refractivity contribution is 5.85. The Morgan fingerprint density at radius 1 is 1.26 bits per heavy atom. The third-order valence-corrected chi connectivity index (χ3v) is 5.16. The molecule has 1 aromatic rings. The molecule has 0 radical (unpaired) electrons. The van der Waals surface area contributed by atoms with Gasteiger partial charge in [-0.2, -0.15) is 0 Å². The molecule has 27 heavy (non-hydrogen) atoms. The van der Waals surface area contributed by atoms with Crippen LogP contribution in [0, 0.1) is 0 Å². The molecule has 2 fully saturated rings. The molecule has 2 aliphatic heterocycles. The van der Waals surface area contributed by atoms with E-state index in [1.165, 1.54) is 0 Å². The molecule has 1 N–H and O–H groups in total. The number of methoxy groups -OCH3 is 1. The molecule has 1 amide bonds. The molecule has 1 aromatic carbocycles. The Morgan fingerprint density at radius 3 is 2.48 bits per heavy atom. The maximum atomic E-state index is 13.3. The summed E-state index contributed by atoms with van der Waals surface area (Å²) >= 11 is 0. The summed E-state index contributed by atoms with van der Waals surface area (Å²) in [6.07, 6.45) is -0.397. The van der Waals surface area contributed by atoms with E-state index in [4.69, 9.17) is 4.74 Å². The lowest BCUT2D eigenvalue weighted by Crippen LogP contribution is -2.53. The molecule has 2 saturated heterocycles. The number of carbonyl (C=O) groups is 1. The number of hydrogen-bond acceptors (Lipinski definition) is 4. The summed E-state index contributed by atoms with van der Waals surface area (Å²) in [4.78, 5) is 16.4. The minimum Gasteiger partial charge on any atom is -0.497 e. The summed E-state index contributed by atoms with van der Waals surface area (Å²) < 4.78 is 31.9. The normalized spacial score (nSPS) is 23.1. The number of nitrogens with one attached hydrogen (secondary N) is 1. The van der Waals surface area contributed by atoms with Gasteiger partial charge in [0, 0.05) is 38.6 Å². The minimum absolute atomic E-state index is 0. The quantitative estimate of drug-likeness (QED) is 0.805. The molecule has 154 valence electrons. The van der Waals surface area contributed by atoms with E-state index in [0.29, 0.717) is 13.1 Å². The molecule has 0 aromatic heterocycles. The number of amides is 1. The van der Waals surface area contributed by atoms with E-state index in [1.807, 2.05) is 18.2 Å². The number of piperazine rings is 1. The predicted molar refractivity (Wildman–Crippen MR) is 105 cm³/mol. The van der Waals surface area contributed by atoms with Crippen molar-refractivity contribution < 1.29 is 18.3 Å². The van der Waals surface area contributed by atoms with Crippen molar-refractivity contribution in [3.8, 4) is 5.75 Å². The third kappa shape index (κ3) is 5.67. The molecule has 0 bridgehead atoms. The van der Waals surface area contributed by atoms with Crippen molar-refractivity contribution in [3.63, 3.8) is 0 Å². The molecule has 2 atom stereocenters. The fourth-order valence-corrected chi connectivity index (χ4v) is 3.55. The van der Waals surface area contributed by atoms with Gasteiger partial charge in [-0.05, 0) is 24.6 Å². The molecule has 0 aliphatic carbocycles. The number of ether oxygens (including phenoxy) is 1. The average molecular weight is 426 g/mol. The number of hydrogen-bond donors (Lipinski definition) is 1. The second kappa shape index (κ2) is 9.87. The lowest BCUT2D eigenvalue weighted by molar-refractivity contribution is -0.135. The van der Waals surface area contributed by atoms with Crippen molar-refractivity contribution in [2.75, 3.05) is 39.8 Å². The van der Waals surface area contributed by atoms with Gasteiger partial charge in [-0.15, -0.1) is 24.8 Å². The molecule has 9 heteroatoms. The second-order valence-corrected chi connectivity index (χ2v) is 6.81. The van der Waals surface area contributed by atoms with Crippen LogP contribution in [-0.4, -0.2) is 67.5 Å². The highest BCUT2D eigenvalue weighted by Crippen LogP contribution is 2.28. The molecule has 2 heterocycles. The first-order valence-electron chi connectivity index (χ1n) is 8.67. The van der Waals surface area contributed by atoms with Gasteiger partial charge in [0.2, 0.25) is 5.91 Å². The zero-order chi connectivity index (χ0) is 18.0. The van der Waals surface area contributed by atoms with Gasteiger partial charge in [0.05, 0.1) is 19.7 Å². The van der Waals surface area contributed by atoms with Crippen LogP contribution in [0.25, 0.3) is 0 Å². The van der Waals surface area contributed by atoms with Crippen molar-refractivity contribution in [3.05, 3.63) is 29.8 Å². The van der Waals surface area contributed by atoms with Crippen LogP contribution in [0.3, 0.4) is 0 Å². The van der Waals surface area contributed by atoms with Crippen molar-refractivity contribution in [2.45, 2.75) is 31.4 Å². The van der Waals surface area contributed by atoms with E-state index in [9.17, 15) is 13.6 Å². The van der Waals surface area contributed by atoms with Gasteiger partial charge in [0.1, 0.15) is 5.75 Å². The highest BCUT2D eigenvalue weighted by Gasteiger charge is 2.43. The number of benzene rings is 1. The van der Waals surface area contributed by atoms with Crippen LogP contribution in [-0.2, 0) is 4.79 Å². The largest absolute Gasteiger partial charge is 0.497 e. The Morgan fingerprint density at radius 2 is 1.93 bits per heavy atom. The van der Waals surface area contributed by atoms with Crippen LogP contribution in [0.15, 0.2) is 24.3 Å². The van der Waals surface area contributed by atoms with Gasteiger partial charge in [-0.25, -0.2) is 8.78 Å². The Bertz CT molecular complexity index is 628. The first-order valence-corrected chi connectivity index (χ1v) is 8.67. The van der Waals surface area contributed by atoms with E-state index in [2.05, 4.69) is 23.2 Å². The maximum Gasteiger partial charge on any atom is 0.262 e. The number of rotatable bonds is 4. The zero-order valence-corrected chi connectivity index (χ0v) is 17.1. The van der Waals surface area contributed by atoms with E-state index < -0.39 is 24.9 Å². The molecular formula is C18H27Cl2F2N3O2. The molecular weight excluding hydrogens is 399 g/mol. The Hall–Kier alpha value is -1.15. The minimum atomic E-state index is -2.77. The first kappa shape index (κ1) is 23.9. The number of alkyl halides is 2. The number of halogens is 4. The second-order valence-electron chi connectivity index (χ2n) is 6.81. The molecule has 2 aliphatic rings. The lowest BCUT2D eigenvalue weighted by Gasteiger charge is -2.39. The van der Waals surface area contributed by atoms with Gasteiger partial charge >= 0.3 is 0 Å². The standard InChI is InChI=1S/C18H25F2N3O2.2ClH/c1-13(14-4-3-5-15(10-14)25-2)22-6-8-23(9-7-22)17(24)16-11-18(19,20)12-21-16;;/h3-5,10,13,16,21H,6-9,11-12H2,1-2H3;2*1H. The van der Waals surface area contributed by atoms with Crippen molar-refractivity contribution in [2.24, 2.45) is 0 Å². The van der Waals surface area contributed by atoms with E-state index in [1.54, 1.807) is 12.0 Å². The third-order valence-electron chi connectivity index (χ3n) is 5.16. The molecule has 0 saturated carbocycles. The van der Waals surface area contributed by atoms with Crippen molar-refractivity contribution >= 4 is 30.7 Å². The molecule has 3 rings (SSSR count). The Labute approximate surface area is 171 Å². The van der Waals surface area contributed by atoms with E-state index in [0.717, 1.165) is 24.4 Å². The average Bonchev–Trinajstić information content (AvgIpc) is 3.00. The van der Waals surface area contributed by atoms with Gasteiger partial charge in [0.15, 0.2) is 0 Å². The van der Waals surface area contributed by atoms with Crippen molar-refractivity contribution in [1.82, 2.24) is 15.1 Å². The van der Waals surface area contributed by atoms with Crippen LogP contribution >= 0.6 is 24.8 Å². The van der Waals surface area contributed by atoms with E-state index in [-0.39, 0.29) is 36.8 Å². The Balaban J connectivity index is 0.00000182. The van der Waals surface area contributed by atoms with E-state index >= 15 is 0 Å². The van der Waals surface area contributed by atoms with Crippen LogP contribution in [0.2, 0.25) is 0 Å². The first-order chi connectivity index (χ1) is 11.9. The topological polar surface area (TPSA) is 44.8 Å². The molecule has 2 unspecified atom stereocenters. The summed E-state index contributed by atoms with van der Waals surface area (Å²) in [6.45, 7) is 4.32. The Kier molecular flexibility index (Phi) is 8.73. The zero-order valence-electron chi connectivity index (χ0n) is 15.5. The SMILES string of the molecule is COc1cccc(C(C)N2CCN(C(=O)C3CC(F)(F)CN3)CC2)c1.Cl.Cl.